The van der Waals surface area contributed by atoms with Gasteiger partial charge in [0, 0.05) is 12.1 Å². The summed E-state index contributed by atoms with van der Waals surface area (Å²) < 4.78 is 4.81. The van der Waals surface area contributed by atoms with Crippen LogP contribution in [0.25, 0.3) is 0 Å². The summed E-state index contributed by atoms with van der Waals surface area (Å²) >= 11 is 0. The predicted octanol–water partition coefficient (Wildman–Crippen LogP) is 2.78. The topological polar surface area (TPSA) is 78.3 Å². The molecular weight excluding hydrogens is 252 g/mol. The number of benzene rings is 1. The van der Waals surface area contributed by atoms with Crippen molar-refractivity contribution in [3.63, 3.8) is 0 Å². The number of esters is 1. The minimum absolute atomic E-state index is 0.127. The van der Waals surface area contributed by atoms with Crippen LogP contribution in [0.5, 0.6) is 0 Å². The standard InChI is InChI=1S/C16H26N2O2/c1-9(2)14(17)11-6-12(15(18)10(3)4)8-13(7-11)16(19)20-5/h6-10,14-15H,17-18H2,1-5H3. The summed E-state index contributed by atoms with van der Waals surface area (Å²) in [7, 11) is 1.37. The molecule has 0 aliphatic carbocycles. The number of nitrogens with two attached hydrogens (primary N) is 2. The molecule has 0 aliphatic rings. The van der Waals surface area contributed by atoms with Crippen LogP contribution in [0, 0.1) is 11.8 Å². The van der Waals surface area contributed by atoms with Gasteiger partial charge < -0.3 is 16.2 Å². The smallest absolute Gasteiger partial charge is 0.337 e. The highest BCUT2D eigenvalue weighted by molar-refractivity contribution is 5.89. The van der Waals surface area contributed by atoms with Gasteiger partial charge in [0.15, 0.2) is 0 Å². The first kappa shape index (κ1) is 16.7. The Hall–Kier alpha value is -1.39. The third kappa shape index (κ3) is 3.81. The average molecular weight is 278 g/mol. The van der Waals surface area contributed by atoms with Crippen LogP contribution >= 0.6 is 0 Å². The van der Waals surface area contributed by atoms with Gasteiger partial charge in [0.1, 0.15) is 0 Å². The molecule has 4 nitrogen and oxygen atoms in total. The zero-order chi connectivity index (χ0) is 15.4. The molecule has 0 heterocycles. The number of rotatable bonds is 5. The highest BCUT2D eigenvalue weighted by atomic mass is 16.5. The molecule has 1 aromatic carbocycles. The van der Waals surface area contributed by atoms with Crippen molar-refractivity contribution in [2.45, 2.75) is 39.8 Å². The molecule has 1 rings (SSSR count). The van der Waals surface area contributed by atoms with Crippen LogP contribution in [-0.2, 0) is 4.74 Å². The van der Waals surface area contributed by atoms with Crippen molar-refractivity contribution in [1.29, 1.82) is 0 Å². The summed E-state index contributed by atoms with van der Waals surface area (Å²) in [4.78, 5) is 11.8. The third-order valence-electron chi connectivity index (χ3n) is 3.61. The van der Waals surface area contributed by atoms with Gasteiger partial charge in [-0.15, -0.1) is 0 Å². The SMILES string of the molecule is COC(=O)c1cc(C(N)C(C)C)cc(C(N)C(C)C)c1. The molecule has 0 aliphatic heterocycles. The lowest BCUT2D eigenvalue weighted by Gasteiger charge is -2.22. The van der Waals surface area contributed by atoms with Gasteiger partial charge in [-0.25, -0.2) is 4.79 Å². The molecule has 20 heavy (non-hydrogen) atoms. The number of carbonyl (C=O) groups excluding carboxylic acids is 1. The lowest BCUT2D eigenvalue weighted by molar-refractivity contribution is 0.0600. The van der Waals surface area contributed by atoms with E-state index in [4.69, 9.17) is 16.2 Å². The Kier molecular flexibility index (Phi) is 5.72. The average Bonchev–Trinajstić information content (AvgIpc) is 2.43. The first-order valence-electron chi connectivity index (χ1n) is 7.02. The lowest BCUT2D eigenvalue weighted by atomic mass is 9.89. The second kappa shape index (κ2) is 6.86. The summed E-state index contributed by atoms with van der Waals surface area (Å²) in [6.45, 7) is 8.21. The van der Waals surface area contributed by atoms with Gasteiger partial charge in [-0.1, -0.05) is 33.8 Å². The Morgan fingerprint density at radius 3 is 1.65 bits per heavy atom. The van der Waals surface area contributed by atoms with E-state index >= 15 is 0 Å². The zero-order valence-corrected chi connectivity index (χ0v) is 13.0. The van der Waals surface area contributed by atoms with Crippen molar-refractivity contribution >= 4 is 5.97 Å². The second-order valence-corrected chi connectivity index (χ2v) is 5.92. The molecule has 112 valence electrons. The van der Waals surface area contributed by atoms with Gasteiger partial charge in [-0.2, -0.15) is 0 Å². The maximum absolute atomic E-state index is 11.8. The van der Waals surface area contributed by atoms with Crippen molar-refractivity contribution in [2.24, 2.45) is 23.3 Å². The molecule has 0 fully saturated rings. The van der Waals surface area contributed by atoms with E-state index in [1.54, 1.807) is 12.1 Å². The quantitative estimate of drug-likeness (QED) is 0.812. The molecule has 0 amide bonds. The second-order valence-electron chi connectivity index (χ2n) is 5.92. The Balaban J connectivity index is 3.31. The van der Waals surface area contributed by atoms with Gasteiger partial charge in [-0.3, -0.25) is 0 Å². The van der Waals surface area contributed by atoms with E-state index in [0.717, 1.165) is 11.1 Å². The summed E-state index contributed by atoms with van der Waals surface area (Å²) in [5, 5.41) is 0. The van der Waals surface area contributed by atoms with Crippen LogP contribution in [0.1, 0.15) is 61.3 Å². The minimum Gasteiger partial charge on any atom is -0.465 e. The summed E-state index contributed by atoms with van der Waals surface area (Å²) in [5.41, 5.74) is 14.8. The third-order valence-corrected chi connectivity index (χ3v) is 3.61. The summed E-state index contributed by atoms with van der Waals surface area (Å²) in [6, 6.07) is 5.34. The largest absolute Gasteiger partial charge is 0.465 e. The molecule has 4 heteroatoms. The van der Waals surface area contributed by atoms with Crippen molar-refractivity contribution in [3.05, 3.63) is 34.9 Å². The molecule has 2 unspecified atom stereocenters. The van der Waals surface area contributed by atoms with Gasteiger partial charge in [0.05, 0.1) is 12.7 Å². The van der Waals surface area contributed by atoms with Gasteiger partial charge in [0.25, 0.3) is 0 Å². The van der Waals surface area contributed by atoms with E-state index in [1.165, 1.54) is 7.11 Å². The van der Waals surface area contributed by atoms with E-state index in [9.17, 15) is 4.79 Å². The van der Waals surface area contributed by atoms with Crippen LogP contribution in [0.4, 0.5) is 0 Å². The molecule has 0 bridgehead atoms. The predicted molar refractivity (Wildman–Crippen MR) is 81.3 cm³/mol. The molecule has 0 aromatic heterocycles. The Labute approximate surface area is 121 Å². The van der Waals surface area contributed by atoms with E-state index in [-0.39, 0.29) is 29.9 Å². The molecule has 2 atom stereocenters. The van der Waals surface area contributed by atoms with Crippen LogP contribution in [-0.4, -0.2) is 13.1 Å². The maximum Gasteiger partial charge on any atom is 0.337 e. The van der Waals surface area contributed by atoms with Crippen LogP contribution in [0.3, 0.4) is 0 Å². The fourth-order valence-corrected chi connectivity index (χ4v) is 2.07. The zero-order valence-electron chi connectivity index (χ0n) is 13.0. The van der Waals surface area contributed by atoms with E-state index in [2.05, 4.69) is 27.7 Å². The number of ether oxygens (including phenoxy) is 1. The van der Waals surface area contributed by atoms with Crippen LogP contribution in [0.2, 0.25) is 0 Å². The molecule has 0 saturated carbocycles. The number of hydrogen-bond acceptors (Lipinski definition) is 4. The van der Waals surface area contributed by atoms with Crippen LogP contribution < -0.4 is 11.5 Å². The number of carbonyl (C=O) groups is 1. The van der Waals surface area contributed by atoms with Crippen molar-refractivity contribution in [1.82, 2.24) is 0 Å². The van der Waals surface area contributed by atoms with Gasteiger partial charge in [0.2, 0.25) is 0 Å². The lowest BCUT2D eigenvalue weighted by Crippen LogP contribution is -2.21. The van der Waals surface area contributed by atoms with E-state index < -0.39 is 0 Å². The summed E-state index contributed by atoms with van der Waals surface area (Å²) in [5.74, 6) is 0.206. The van der Waals surface area contributed by atoms with Gasteiger partial charge in [-0.05, 0) is 35.1 Å². The Bertz CT molecular complexity index is 437. The number of hydrogen-bond donors (Lipinski definition) is 2. The Morgan fingerprint density at radius 2 is 1.35 bits per heavy atom. The minimum atomic E-state index is -0.361. The van der Waals surface area contributed by atoms with Crippen molar-refractivity contribution < 1.29 is 9.53 Å². The summed E-state index contributed by atoms with van der Waals surface area (Å²) in [6.07, 6.45) is 0. The van der Waals surface area contributed by atoms with E-state index in [0.29, 0.717) is 5.56 Å². The first-order chi connectivity index (χ1) is 9.27. The monoisotopic (exact) mass is 278 g/mol. The van der Waals surface area contributed by atoms with Crippen molar-refractivity contribution in [2.75, 3.05) is 7.11 Å². The van der Waals surface area contributed by atoms with Crippen LogP contribution in [0.15, 0.2) is 18.2 Å². The fourth-order valence-electron chi connectivity index (χ4n) is 2.07. The van der Waals surface area contributed by atoms with Gasteiger partial charge >= 0.3 is 5.97 Å². The molecule has 0 radical (unpaired) electrons. The molecule has 0 saturated heterocycles. The molecule has 0 spiro atoms. The first-order valence-corrected chi connectivity index (χ1v) is 7.02. The highest BCUT2D eigenvalue weighted by Gasteiger charge is 2.19. The van der Waals surface area contributed by atoms with E-state index in [1.807, 2.05) is 6.07 Å². The maximum atomic E-state index is 11.8. The fraction of sp³-hybridized carbons (Fsp3) is 0.562. The molecule has 1 aromatic rings. The Morgan fingerprint density at radius 1 is 0.950 bits per heavy atom. The highest BCUT2D eigenvalue weighted by Crippen LogP contribution is 2.27. The normalized spacial score (nSPS) is 14.4. The molecule has 4 N–H and O–H groups in total. The number of methoxy groups -OCH3 is 1. The molecular formula is C16H26N2O2. The van der Waals surface area contributed by atoms with Crippen molar-refractivity contribution in [3.8, 4) is 0 Å².